The highest BCUT2D eigenvalue weighted by Gasteiger charge is 1.92. The number of ether oxygens (including phenoxy) is 1. The molecule has 0 aliphatic heterocycles. The molecule has 4 heteroatoms. The first-order valence-electron chi connectivity index (χ1n) is 3.00. The first-order chi connectivity index (χ1) is 5.36. The molecule has 1 aromatic heterocycles. The Bertz CT molecular complexity index is 265. The average molecular weight is 144 g/mol. The quantitative estimate of drug-likeness (QED) is 0.431. The van der Waals surface area contributed by atoms with E-state index >= 15 is 0 Å². The lowest BCUT2D eigenvalue weighted by Gasteiger charge is -1.98. The SMILES string of the molecule is [B]COc1ccc(C#C)nn1. The molecule has 0 fully saturated rings. The summed E-state index contributed by atoms with van der Waals surface area (Å²) in [6.07, 6.45) is 5.06. The van der Waals surface area contributed by atoms with Crippen LogP contribution in [0.4, 0.5) is 0 Å². The largest absolute Gasteiger partial charge is 0.487 e. The molecular weight excluding hydrogens is 139 g/mol. The van der Waals surface area contributed by atoms with Gasteiger partial charge in [0.05, 0.1) is 0 Å². The fourth-order valence-corrected chi connectivity index (χ4v) is 0.559. The van der Waals surface area contributed by atoms with Crippen LogP contribution in [0.2, 0.25) is 0 Å². The van der Waals surface area contributed by atoms with Crippen molar-refractivity contribution in [1.29, 1.82) is 0 Å². The number of nitrogens with zero attached hydrogens (tertiary/aromatic N) is 2. The van der Waals surface area contributed by atoms with E-state index in [0.717, 1.165) is 0 Å². The molecule has 0 aliphatic rings. The summed E-state index contributed by atoms with van der Waals surface area (Å²) in [4.78, 5) is 0. The van der Waals surface area contributed by atoms with E-state index in [0.29, 0.717) is 11.6 Å². The van der Waals surface area contributed by atoms with Crippen LogP contribution in [0.25, 0.3) is 0 Å². The fourth-order valence-electron chi connectivity index (χ4n) is 0.559. The maximum Gasteiger partial charge on any atom is 0.232 e. The van der Waals surface area contributed by atoms with Crippen molar-refractivity contribution in [3.05, 3.63) is 17.8 Å². The molecule has 0 saturated heterocycles. The van der Waals surface area contributed by atoms with Crippen molar-refractivity contribution in [1.82, 2.24) is 10.2 Å². The predicted molar refractivity (Wildman–Crippen MR) is 41.2 cm³/mol. The van der Waals surface area contributed by atoms with Crippen LogP contribution in [0.15, 0.2) is 12.1 Å². The molecule has 0 bridgehead atoms. The van der Waals surface area contributed by atoms with Crippen molar-refractivity contribution in [2.75, 3.05) is 6.51 Å². The second-order valence-corrected chi connectivity index (χ2v) is 1.71. The van der Waals surface area contributed by atoms with Crippen molar-refractivity contribution in [3.63, 3.8) is 0 Å². The van der Waals surface area contributed by atoms with Gasteiger partial charge >= 0.3 is 0 Å². The third kappa shape index (κ3) is 1.97. The lowest BCUT2D eigenvalue weighted by atomic mass is 10.2. The van der Waals surface area contributed by atoms with Crippen LogP contribution in [0.5, 0.6) is 5.88 Å². The molecule has 0 N–H and O–H groups in total. The minimum Gasteiger partial charge on any atom is -0.487 e. The van der Waals surface area contributed by atoms with Crippen LogP contribution < -0.4 is 4.74 Å². The molecule has 0 amide bonds. The van der Waals surface area contributed by atoms with Gasteiger partial charge in [0, 0.05) is 12.6 Å². The van der Waals surface area contributed by atoms with Crippen LogP contribution in [-0.2, 0) is 0 Å². The van der Waals surface area contributed by atoms with Gasteiger partial charge in [0.15, 0.2) is 0 Å². The molecule has 0 aromatic carbocycles. The summed E-state index contributed by atoms with van der Waals surface area (Å²) in [6.45, 7) is 0.0874. The van der Waals surface area contributed by atoms with Gasteiger partial charge < -0.3 is 4.74 Å². The van der Waals surface area contributed by atoms with E-state index in [2.05, 4.69) is 16.1 Å². The summed E-state index contributed by atoms with van der Waals surface area (Å²) in [5, 5.41) is 7.29. The molecule has 0 atom stereocenters. The Morgan fingerprint density at radius 1 is 1.55 bits per heavy atom. The van der Waals surface area contributed by atoms with E-state index in [1.807, 2.05) is 0 Å². The monoisotopic (exact) mass is 144 g/mol. The first-order valence-corrected chi connectivity index (χ1v) is 3.00. The maximum atomic E-state index is 5.10. The summed E-state index contributed by atoms with van der Waals surface area (Å²) >= 11 is 0. The van der Waals surface area contributed by atoms with Gasteiger partial charge in [-0.25, -0.2) is 0 Å². The van der Waals surface area contributed by atoms with Gasteiger partial charge in [-0.05, 0) is 12.0 Å². The minimum absolute atomic E-state index is 0.0874. The Hall–Kier alpha value is -1.50. The Balaban J connectivity index is 2.76. The number of hydrogen-bond acceptors (Lipinski definition) is 3. The Morgan fingerprint density at radius 3 is 2.82 bits per heavy atom. The number of aromatic nitrogens is 2. The predicted octanol–water partition coefficient (Wildman–Crippen LogP) is -0.0373. The molecule has 0 aliphatic carbocycles. The molecule has 11 heavy (non-hydrogen) atoms. The molecule has 3 nitrogen and oxygen atoms in total. The topological polar surface area (TPSA) is 35.0 Å². The van der Waals surface area contributed by atoms with Crippen LogP contribution in [0.3, 0.4) is 0 Å². The summed E-state index contributed by atoms with van der Waals surface area (Å²) in [6, 6.07) is 3.26. The van der Waals surface area contributed by atoms with Crippen molar-refractivity contribution >= 4 is 7.85 Å². The molecule has 1 aromatic rings. The lowest BCUT2D eigenvalue weighted by molar-refractivity contribution is 0.366. The second kappa shape index (κ2) is 3.62. The summed E-state index contributed by atoms with van der Waals surface area (Å²) in [7, 11) is 5.10. The molecule has 2 radical (unpaired) electrons. The maximum absolute atomic E-state index is 5.10. The van der Waals surface area contributed by atoms with Crippen LogP contribution in [-0.4, -0.2) is 24.5 Å². The molecule has 1 rings (SSSR count). The zero-order valence-corrected chi connectivity index (χ0v) is 5.82. The molecule has 1 heterocycles. The van der Waals surface area contributed by atoms with E-state index in [-0.39, 0.29) is 6.51 Å². The van der Waals surface area contributed by atoms with Crippen molar-refractivity contribution in [2.24, 2.45) is 0 Å². The highest BCUT2D eigenvalue weighted by molar-refractivity contribution is 6.08. The van der Waals surface area contributed by atoms with E-state index < -0.39 is 0 Å². The van der Waals surface area contributed by atoms with Gasteiger partial charge in [0.2, 0.25) is 5.88 Å². The molecular formula is C7H5BN2O. The van der Waals surface area contributed by atoms with Gasteiger partial charge in [-0.15, -0.1) is 16.6 Å². The molecule has 52 valence electrons. The highest BCUT2D eigenvalue weighted by Crippen LogP contribution is 2.02. The number of terminal acetylenes is 1. The van der Waals surface area contributed by atoms with Gasteiger partial charge in [0.25, 0.3) is 0 Å². The Kier molecular flexibility index (Phi) is 2.50. The second-order valence-electron chi connectivity index (χ2n) is 1.71. The molecule has 0 saturated carbocycles. The first kappa shape index (κ1) is 7.61. The van der Waals surface area contributed by atoms with Crippen LogP contribution in [0, 0.1) is 12.3 Å². The Morgan fingerprint density at radius 2 is 2.36 bits per heavy atom. The summed E-state index contributed by atoms with van der Waals surface area (Å²) < 4.78 is 4.84. The van der Waals surface area contributed by atoms with Crippen molar-refractivity contribution < 1.29 is 4.74 Å². The van der Waals surface area contributed by atoms with Gasteiger partial charge in [-0.2, -0.15) is 0 Å². The Labute approximate surface area is 66.2 Å². The normalized spacial score (nSPS) is 8.64. The minimum atomic E-state index is 0.0874. The fraction of sp³-hybridized carbons (Fsp3) is 0.143. The highest BCUT2D eigenvalue weighted by atomic mass is 16.5. The lowest BCUT2D eigenvalue weighted by Crippen LogP contribution is -1.99. The zero-order valence-electron chi connectivity index (χ0n) is 5.82. The molecule has 0 unspecified atom stereocenters. The smallest absolute Gasteiger partial charge is 0.232 e. The third-order valence-corrected chi connectivity index (χ3v) is 1.02. The van der Waals surface area contributed by atoms with Crippen LogP contribution in [0.1, 0.15) is 5.69 Å². The van der Waals surface area contributed by atoms with E-state index in [1.54, 1.807) is 12.1 Å². The van der Waals surface area contributed by atoms with Gasteiger partial charge in [-0.1, -0.05) is 0 Å². The van der Waals surface area contributed by atoms with Gasteiger partial charge in [0.1, 0.15) is 13.5 Å². The standard InChI is InChI=1S/C7H5BN2O/c1-2-6-3-4-7(10-9-6)11-5-8/h1,3-4H,5H2. The van der Waals surface area contributed by atoms with E-state index in [4.69, 9.17) is 19.0 Å². The van der Waals surface area contributed by atoms with Crippen LogP contribution >= 0.6 is 0 Å². The van der Waals surface area contributed by atoms with E-state index in [1.165, 1.54) is 0 Å². The van der Waals surface area contributed by atoms with Gasteiger partial charge in [-0.3, -0.25) is 0 Å². The van der Waals surface area contributed by atoms with E-state index in [9.17, 15) is 0 Å². The number of hydrogen-bond donors (Lipinski definition) is 0. The average Bonchev–Trinajstić information content (AvgIpc) is 2.07. The number of rotatable bonds is 2. The molecule has 0 spiro atoms. The summed E-state index contributed by atoms with van der Waals surface area (Å²) in [5.41, 5.74) is 0.481. The van der Waals surface area contributed by atoms with Crippen molar-refractivity contribution in [3.8, 4) is 18.2 Å². The van der Waals surface area contributed by atoms with Crippen molar-refractivity contribution in [2.45, 2.75) is 0 Å². The zero-order chi connectivity index (χ0) is 8.10. The third-order valence-electron chi connectivity index (χ3n) is 1.02. The summed E-state index contributed by atoms with van der Waals surface area (Å²) in [5.74, 6) is 2.72.